The summed E-state index contributed by atoms with van der Waals surface area (Å²) in [7, 11) is 1.88. The molecule has 1 N–H and O–H groups in total. The fourth-order valence-corrected chi connectivity index (χ4v) is 1.67. The van der Waals surface area contributed by atoms with E-state index >= 15 is 0 Å². The molecule has 0 spiro atoms. The maximum absolute atomic E-state index is 5.90. The summed E-state index contributed by atoms with van der Waals surface area (Å²) in [5, 5.41) is 11.8. The Hall–Kier alpha value is -1.39. The van der Waals surface area contributed by atoms with Gasteiger partial charge in [-0.2, -0.15) is 0 Å². The van der Waals surface area contributed by atoms with Gasteiger partial charge in [-0.05, 0) is 17.7 Å². The minimum atomic E-state index is 0.746. The first-order chi connectivity index (χ1) is 7.75. The molecule has 0 aliphatic heterocycles. The van der Waals surface area contributed by atoms with Gasteiger partial charge in [-0.15, -0.1) is 5.10 Å². The van der Waals surface area contributed by atoms with Gasteiger partial charge in [-0.3, -0.25) is 4.68 Å². The van der Waals surface area contributed by atoms with Crippen LogP contribution >= 0.6 is 11.6 Å². The van der Waals surface area contributed by atoms with Crippen molar-refractivity contribution in [2.45, 2.75) is 13.1 Å². The van der Waals surface area contributed by atoms with Crippen LogP contribution in [-0.2, 0) is 20.1 Å². The third-order valence-corrected chi connectivity index (χ3v) is 2.57. The Kier molecular flexibility index (Phi) is 3.54. The Morgan fingerprint density at radius 3 is 2.94 bits per heavy atom. The van der Waals surface area contributed by atoms with Gasteiger partial charge in [0.2, 0.25) is 0 Å². The molecule has 0 fully saturated rings. The van der Waals surface area contributed by atoms with Crippen LogP contribution in [-0.4, -0.2) is 15.0 Å². The number of benzene rings is 1. The molecule has 0 amide bonds. The molecule has 1 aromatic carbocycles. The summed E-state index contributed by atoms with van der Waals surface area (Å²) in [6.45, 7) is 1.53. The maximum Gasteiger partial charge on any atom is 0.0738 e. The molecule has 84 valence electrons. The normalized spacial score (nSPS) is 10.6. The van der Waals surface area contributed by atoms with E-state index in [1.165, 1.54) is 5.56 Å². The summed E-state index contributed by atoms with van der Waals surface area (Å²) in [4.78, 5) is 0. The zero-order chi connectivity index (χ0) is 11.4. The Labute approximate surface area is 99.2 Å². The summed E-state index contributed by atoms with van der Waals surface area (Å²) in [6.07, 6.45) is 1.75. The predicted octanol–water partition coefficient (Wildman–Crippen LogP) is 1.76. The van der Waals surface area contributed by atoms with Gasteiger partial charge in [0.15, 0.2) is 0 Å². The van der Waals surface area contributed by atoms with Crippen molar-refractivity contribution < 1.29 is 0 Å². The number of nitrogens with zero attached hydrogens (tertiary/aromatic N) is 3. The molecule has 0 aliphatic rings. The first-order valence-corrected chi connectivity index (χ1v) is 5.42. The zero-order valence-corrected chi connectivity index (χ0v) is 9.78. The molecule has 16 heavy (non-hydrogen) atoms. The van der Waals surface area contributed by atoms with Crippen LogP contribution in [0.1, 0.15) is 11.3 Å². The van der Waals surface area contributed by atoms with E-state index in [0.717, 1.165) is 23.8 Å². The van der Waals surface area contributed by atoms with E-state index in [9.17, 15) is 0 Å². The van der Waals surface area contributed by atoms with Crippen molar-refractivity contribution in [1.82, 2.24) is 20.3 Å². The van der Waals surface area contributed by atoms with Crippen LogP contribution in [0.3, 0.4) is 0 Å². The highest BCUT2D eigenvalue weighted by atomic mass is 35.5. The molecular formula is C11H13ClN4. The standard InChI is InChI=1S/C11H13ClN4/c1-16-11(8-14-15-16)7-13-6-9-3-2-4-10(12)5-9/h2-5,8,13H,6-7H2,1H3. The Balaban J connectivity index is 1.87. The lowest BCUT2D eigenvalue weighted by Crippen LogP contribution is -2.15. The van der Waals surface area contributed by atoms with Crippen LogP contribution in [0.5, 0.6) is 0 Å². The molecule has 5 heteroatoms. The molecule has 1 aromatic heterocycles. The average Bonchev–Trinajstić information content (AvgIpc) is 2.65. The molecule has 0 radical (unpaired) electrons. The Morgan fingerprint density at radius 2 is 2.25 bits per heavy atom. The molecule has 0 saturated heterocycles. The molecule has 0 atom stereocenters. The minimum absolute atomic E-state index is 0.746. The van der Waals surface area contributed by atoms with Crippen molar-refractivity contribution in [3.8, 4) is 0 Å². The number of rotatable bonds is 4. The van der Waals surface area contributed by atoms with E-state index in [1.807, 2.05) is 31.3 Å². The van der Waals surface area contributed by atoms with Crippen LogP contribution < -0.4 is 5.32 Å². The highest BCUT2D eigenvalue weighted by Gasteiger charge is 1.99. The topological polar surface area (TPSA) is 42.7 Å². The summed E-state index contributed by atoms with van der Waals surface area (Å²) in [5.41, 5.74) is 2.23. The van der Waals surface area contributed by atoms with Crippen LogP contribution in [0.25, 0.3) is 0 Å². The fraction of sp³-hybridized carbons (Fsp3) is 0.273. The van der Waals surface area contributed by atoms with E-state index in [0.29, 0.717) is 0 Å². The zero-order valence-electron chi connectivity index (χ0n) is 9.02. The van der Waals surface area contributed by atoms with Crippen LogP contribution in [0.4, 0.5) is 0 Å². The first kappa shape index (κ1) is 11.1. The van der Waals surface area contributed by atoms with Crippen molar-refractivity contribution in [3.63, 3.8) is 0 Å². The second kappa shape index (κ2) is 5.09. The summed E-state index contributed by atoms with van der Waals surface area (Å²) in [6, 6.07) is 7.82. The Bertz CT molecular complexity index is 467. The van der Waals surface area contributed by atoms with Crippen molar-refractivity contribution in [2.24, 2.45) is 7.05 Å². The second-order valence-corrected chi connectivity index (χ2v) is 4.02. The number of halogens is 1. The van der Waals surface area contributed by atoms with E-state index in [1.54, 1.807) is 10.9 Å². The monoisotopic (exact) mass is 236 g/mol. The maximum atomic E-state index is 5.90. The van der Waals surface area contributed by atoms with E-state index in [-0.39, 0.29) is 0 Å². The van der Waals surface area contributed by atoms with Gasteiger partial charge < -0.3 is 5.32 Å². The molecule has 2 aromatic rings. The molecule has 2 rings (SSSR count). The third kappa shape index (κ3) is 2.81. The van der Waals surface area contributed by atoms with Gasteiger partial charge in [0.05, 0.1) is 11.9 Å². The lowest BCUT2D eigenvalue weighted by Gasteiger charge is -2.04. The van der Waals surface area contributed by atoms with Gasteiger partial charge in [0.1, 0.15) is 0 Å². The lowest BCUT2D eigenvalue weighted by molar-refractivity contribution is 0.617. The highest BCUT2D eigenvalue weighted by Crippen LogP contribution is 2.10. The molecule has 0 bridgehead atoms. The van der Waals surface area contributed by atoms with Gasteiger partial charge in [-0.1, -0.05) is 28.9 Å². The van der Waals surface area contributed by atoms with Gasteiger partial charge in [0.25, 0.3) is 0 Å². The van der Waals surface area contributed by atoms with E-state index < -0.39 is 0 Å². The summed E-state index contributed by atoms with van der Waals surface area (Å²) in [5.74, 6) is 0. The fourth-order valence-electron chi connectivity index (χ4n) is 1.45. The van der Waals surface area contributed by atoms with Crippen molar-refractivity contribution in [3.05, 3.63) is 46.7 Å². The molecule has 0 aliphatic carbocycles. The SMILES string of the molecule is Cn1nncc1CNCc1cccc(Cl)c1. The number of hydrogen-bond donors (Lipinski definition) is 1. The van der Waals surface area contributed by atoms with Crippen LogP contribution in [0.2, 0.25) is 5.02 Å². The predicted molar refractivity (Wildman–Crippen MR) is 63.0 cm³/mol. The van der Waals surface area contributed by atoms with Crippen LogP contribution in [0, 0.1) is 0 Å². The largest absolute Gasteiger partial charge is 0.307 e. The molecule has 4 nitrogen and oxygen atoms in total. The minimum Gasteiger partial charge on any atom is -0.307 e. The van der Waals surface area contributed by atoms with Gasteiger partial charge >= 0.3 is 0 Å². The number of aromatic nitrogens is 3. The first-order valence-electron chi connectivity index (χ1n) is 5.04. The lowest BCUT2D eigenvalue weighted by atomic mass is 10.2. The smallest absolute Gasteiger partial charge is 0.0738 e. The summed E-state index contributed by atoms with van der Waals surface area (Å²) >= 11 is 5.90. The summed E-state index contributed by atoms with van der Waals surface area (Å²) < 4.78 is 1.75. The highest BCUT2D eigenvalue weighted by molar-refractivity contribution is 6.30. The quantitative estimate of drug-likeness (QED) is 0.880. The number of hydrogen-bond acceptors (Lipinski definition) is 3. The van der Waals surface area contributed by atoms with Crippen molar-refractivity contribution >= 4 is 11.6 Å². The second-order valence-electron chi connectivity index (χ2n) is 3.58. The van der Waals surface area contributed by atoms with Crippen molar-refractivity contribution in [1.29, 1.82) is 0 Å². The molecule has 0 unspecified atom stereocenters. The average molecular weight is 237 g/mol. The van der Waals surface area contributed by atoms with Crippen LogP contribution in [0.15, 0.2) is 30.5 Å². The molecule has 0 saturated carbocycles. The van der Waals surface area contributed by atoms with E-state index in [4.69, 9.17) is 11.6 Å². The Morgan fingerprint density at radius 1 is 1.38 bits per heavy atom. The molecule has 1 heterocycles. The third-order valence-electron chi connectivity index (χ3n) is 2.33. The number of nitrogens with one attached hydrogen (secondary N) is 1. The van der Waals surface area contributed by atoms with Crippen molar-refractivity contribution in [2.75, 3.05) is 0 Å². The molecular weight excluding hydrogens is 224 g/mol. The van der Waals surface area contributed by atoms with E-state index in [2.05, 4.69) is 15.6 Å². The van der Waals surface area contributed by atoms with Gasteiger partial charge in [-0.25, -0.2) is 0 Å². The van der Waals surface area contributed by atoms with Gasteiger partial charge in [0, 0.05) is 25.2 Å². The number of aryl methyl sites for hydroxylation is 1.